The molecule has 1 aromatic carbocycles. The van der Waals surface area contributed by atoms with Gasteiger partial charge in [-0.15, -0.1) is 0 Å². The highest BCUT2D eigenvalue weighted by Gasteiger charge is 2.34. The highest BCUT2D eigenvalue weighted by Crippen LogP contribution is 2.33. The molecule has 0 aliphatic carbocycles. The summed E-state index contributed by atoms with van der Waals surface area (Å²) in [5, 5.41) is 2.89. The standard InChI is InChI=1S/C15H16F3N3O2S/c1-24(22,23)14-20-12-8-19-7-6-13(12)21(14)9-10-4-2-3-5-11(10)15(16,17)18/h2-5,19H,6-9H2,1H3. The van der Waals surface area contributed by atoms with Gasteiger partial charge < -0.3 is 9.88 Å². The minimum atomic E-state index is -4.50. The first kappa shape index (κ1) is 17.0. The van der Waals surface area contributed by atoms with Gasteiger partial charge in [-0.25, -0.2) is 13.4 Å². The van der Waals surface area contributed by atoms with Gasteiger partial charge in [-0.3, -0.25) is 0 Å². The number of nitrogens with one attached hydrogen (secondary N) is 1. The number of aromatic nitrogens is 2. The van der Waals surface area contributed by atoms with Crippen LogP contribution < -0.4 is 5.32 Å². The van der Waals surface area contributed by atoms with E-state index in [0.717, 1.165) is 12.3 Å². The molecule has 1 aromatic heterocycles. The Morgan fingerprint density at radius 3 is 2.67 bits per heavy atom. The fourth-order valence-corrected chi connectivity index (χ4v) is 3.75. The topological polar surface area (TPSA) is 64.0 Å². The van der Waals surface area contributed by atoms with Gasteiger partial charge in [0, 0.05) is 31.5 Å². The first-order valence-electron chi connectivity index (χ1n) is 7.32. The minimum absolute atomic E-state index is 0.0219. The van der Waals surface area contributed by atoms with E-state index in [1.165, 1.54) is 22.8 Å². The predicted molar refractivity (Wildman–Crippen MR) is 81.3 cm³/mol. The van der Waals surface area contributed by atoms with Gasteiger partial charge in [-0.1, -0.05) is 18.2 Å². The van der Waals surface area contributed by atoms with E-state index in [-0.39, 0.29) is 17.3 Å². The second-order valence-electron chi connectivity index (χ2n) is 5.73. The van der Waals surface area contributed by atoms with E-state index in [4.69, 9.17) is 0 Å². The number of hydrogen-bond acceptors (Lipinski definition) is 4. The van der Waals surface area contributed by atoms with Crippen LogP contribution in [0.2, 0.25) is 0 Å². The normalized spacial score (nSPS) is 15.3. The number of hydrogen-bond donors (Lipinski definition) is 1. The number of rotatable bonds is 3. The molecule has 0 amide bonds. The number of nitrogens with zero attached hydrogens (tertiary/aromatic N) is 2. The number of benzene rings is 1. The van der Waals surface area contributed by atoms with Crippen LogP contribution in [0, 0.1) is 0 Å². The van der Waals surface area contributed by atoms with Crippen molar-refractivity contribution in [2.45, 2.75) is 30.8 Å². The number of halogens is 3. The molecule has 2 aromatic rings. The predicted octanol–water partition coefficient (Wildman–Crippen LogP) is 2.00. The van der Waals surface area contributed by atoms with Crippen LogP contribution in [0.5, 0.6) is 0 Å². The molecule has 3 rings (SSSR count). The van der Waals surface area contributed by atoms with Crippen LogP contribution in [0.25, 0.3) is 0 Å². The maximum atomic E-state index is 13.2. The summed E-state index contributed by atoms with van der Waals surface area (Å²) in [6.45, 7) is 0.856. The van der Waals surface area contributed by atoms with E-state index in [1.807, 2.05) is 0 Å². The largest absolute Gasteiger partial charge is 0.416 e. The summed E-state index contributed by atoms with van der Waals surface area (Å²) in [6.07, 6.45) is -2.96. The summed E-state index contributed by atoms with van der Waals surface area (Å²) >= 11 is 0. The quantitative estimate of drug-likeness (QED) is 0.911. The van der Waals surface area contributed by atoms with Gasteiger partial charge in [0.05, 0.1) is 17.8 Å². The lowest BCUT2D eigenvalue weighted by Gasteiger charge is -2.18. The van der Waals surface area contributed by atoms with Crippen LogP contribution in [0.3, 0.4) is 0 Å². The molecule has 1 N–H and O–H groups in total. The molecule has 0 spiro atoms. The molecule has 0 fully saturated rings. The van der Waals surface area contributed by atoms with E-state index >= 15 is 0 Å². The molecule has 0 unspecified atom stereocenters. The Hall–Kier alpha value is -1.87. The van der Waals surface area contributed by atoms with Crippen molar-refractivity contribution in [2.75, 3.05) is 12.8 Å². The average molecular weight is 359 g/mol. The summed E-state index contributed by atoms with van der Waals surface area (Å²) in [5.41, 5.74) is 0.506. The van der Waals surface area contributed by atoms with Crippen molar-refractivity contribution in [1.29, 1.82) is 0 Å². The summed E-state index contributed by atoms with van der Waals surface area (Å²) in [5.74, 6) is 0. The van der Waals surface area contributed by atoms with Gasteiger partial charge in [0.25, 0.3) is 0 Å². The zero-order chi connectivity index (χ0) is 17.5. The first-order valence-corrected chi connectivity index (χ1v) is 9.21. The molecule has 24 heavy (non-hydrogen) atoms. The molecule has 5 nitrogen and oxygen atoms in total. The third-order valence-corrected chi connectivity index (χ3v) is 4.91. The fraction of sp³-hybridized carbons (Fsp3) is 0.400. The molecule has 1 aliphatic heterocycles. The maximum Gasteiger partial charge on any atom is 0.416 e. The van der Waals surface area contributed by atoms with Gasteiger partial charge in [0.1, 0.15) is 0 Å². The lowest BCUT2D eigenvalue weighted by Crippen LogP contribution is -2.25. The zero-order valence-electron chi connectivity index (χ0n) is 12.9. The van der Waals surface area contributed by atoms with Crippen molar-refractivity contribution >= 4 is 9.84 Å². The molecule has 0 saturated heterocycles. The molecule has 130 valence electrons. The summed E-state index contributed by atoms with van der Waals surface area (Å²) in [6, 6.07) is 5.19. The molecular weight excluding hydrogens is 343 g/mol. The Kier molecular flexibility index (Phi) is 4.16. The lowest BCUT2D eigenvalue weighted by molar-refractivity contribution is -0.138. The highest BCUT2D eigenvalue weighted by molar-refractivity contribution is 7.90. The van der Waals surface area contributed by atoms with E-state index < -0.39 is 21.6 Å². The molecule has 0 atom stereocenters. The van der Waals surface area contributed by atoms with Gasteiger partial charge in [0.2, 0.25) is 15.0 Å². The second-order valence-corrected chi connectivity index (χ2v) is 7.64. The van der Waals surface area contributed by atoms with Gasteiger partial charge in [-0.2, -0.15) is 13.2 Å². The number of alkyl halides is 3. The Labute approximate surface area is 137 Å². The Bertz CT molecular complexity index is 873. The monoisotopic (exact) mass is 359 g/mol. The maximum absolute atomic E-state index is 13.2. The third kappa shape index (κ3) is 3.18. The molecule has 9 heteroatoms. The van der Waals surface area contributed by atoms with Crippen molar-refractivity contribution in [3.8, 4) is 0 Å². The Morgan fingerprint density at radius 2 is 2.00 bits per heavy atom. The number of imidazole rings is 1. The van der Waals surface area contributed by atoms with Crippen LogP contribution in [-0.4, -0.2) is 30.8 Å². The molecule has 0 radical (unpaired) electrons. The fourth-order valence-electron chi connectivity index (χ4n) is 2.90. The molecule has 0 bridgehead atoms. The van der Waals surface area contributed by atoms with Crippen molar-refractivity contribution < 1.29 is 21.6 Å². The van der Waals surface area contributed by atoms with E-state index in [1.54, 1.807) is 0 Å². The molecular formula is C15H16F3N3O2S. The van der Waals surface area contributed by atoms with E-state index in [0.29, 0.717) is 30.9 Å². The summed E-state index contributed by atoms with van der Waals surface area (Å²) in [7, 11) is -3.65. The number of sulfone groups is 1. The summed E-state index contributed by atoms with van der Waals surface area (Å²) in [4.78, 5) is 4.14. The minimum Gasteiger partial charge on any atom is -0.314 e. The Morgan fingerprint density at radius 1 is 1.29 bits per heavy atom. The molecule has 0 saturated carbocycles. The van der Waals surface area contributed by atoms with Crippen molar-refractivity contribution in [3.63, 3.8) is 0 Å². The van der Waals surface area contributed by atoms with Crippen LogP contribution in [0.15, 0.2) is 29.4 Å². The van der Waals surface area contributed by atoms with Crippen LogP contribution in [-0.2, 0) is 35.5 Å². The average Bonchev–Trinajstić information content (AvgIpc) is 2.86. The number of fused-ring (bicyclic) bond motifs is 1. The SMILES string of the molecule is CS(=O)(=O)c1nc2c(n1Cc1ccccc1C(F)(F)F)CCNC2. The zero-order valence-corrected chi connectivity index (χ0v) is 13.7. The van der Waals surface area contributed by atoms with E-state index in [2.05, 4.69) is 10.3 Å². The Balaban J connectivity index is 2.13. The van der Waals surface area contributed by atoms with Crippen molar-refractivity contribution in [1.82, 2.24) is 14.9 Å². The third-order valence-electron chi connectivity index (χ3n) is 3.93. The first-order chi connectivity index (χ1) is 11.2. The summed E-state index contributed by atoms with van der Waals surface area (Å²) < 4.78 is 65.0. The van der Waals surface area contributed by atoms with Gasteiger partial charge in [0.15, 0.2) is 0 Å². The lowest BCUT2D eigenvalue weighted by atomic mass is 10.1. The molecule has 1 aliphatic rings. The van der Waals surface area contributed by atoms with Gasteiger partial charge >= 0.3 is 6.18 Å². The van der Waals surface area contributed by atoms with Crippen LogP contribution in [0.1, 0.15) is 22.5 Å². The second kappa shape index (κ2) is 5.89. The van der Waals surface area contributed by atoms with Crippen LogP contribution >= 0.6 is 0 Å². The molecule has 2 heterocycles. The smallest absolute Gasteiger partial charge is 0.314 e. The van der Waals surface area contributed by atoms with Gasteiger partial charge in [-0.05, 0) is 11.6 Å². The van der Waals surface area contributed by atoms with Crippen molar-refractivity contribution in [2.24, 2.45) is 0 Å². The van der Waals surface area contributed by atoms with Crippen molar-refractivity contribution in [3.05, 3.63) is 46.8 Å². The van der Waals surface area contributed by atoms with E-state index in [9.17, 15) is 21.6 Å². The van der Waals surface area contributed by atoms with Crippen LogP contribution in [0.4, 0.5) is 13.2 Å². The highest BCUT2D eigenvalue weighted by atomic mass is 32.2.